The molecule has 0 atom stereocenters. The summed E-state index contributed by atoms with van der Waals surface area (Å²) in [7, 11) is 0. The smallest absolute Gasteiger partial charge is 0.259 e. The second-order valence-corrected chi connectivity index (χ2v) is 6.41. The number of carbonyl (C=O) groups is 2. The van der Waals surface area contributed by atoms with Gasteiger partial charge in [0.15, 0.2) is 0 Å². The molecule has 140 valence electrons. The third kappa shape index (κ3) is 4.11. The van der Waals surface area contributed by atoms with Crippen LogP contribution in [0.25, 0.3) is 22.4 Å². The van der Waals surface area contributed by atoms with E-state index in [-0.39, 0.29) is 35.6 Å². The molecule has 2 amide bonds. The Morgan fingerprint density at radius 1 is 1.22 bits per heavy atom. The van der Waals surface area contributed by atoms with Crippen LogP contribution in [0.15, 0.2) is 34.9 Å². The average Bonchev–Trinajstić information content (AvgIpc) is 3.00. The number of hydrogen-bond donors (Lipinski definition) is 2. The van der Waals surface area contributed by atoms with E-state index in [0.717, 1.165) is 0 Å². The first-order chi connectivity index (χ1) is 12.8. The number of hydrogen-bond acceptors (Lipinski definition) is 5. The van der Waals surface area contributed by atoms with E-state index in [1.807, 2.05) is 13.8 Å². The number of fused-ring (bicyclic) bond motifs is 1. The van der Waals surface area contributed by atoms with Crippen molar-refractivity contribution in [2.24, 2.45) is 0 Å². The quantitative estimate of drug-likeness (QED) is 0.719. The molecule has 1 aromatic carbocycles. The Hall–Kier alpha value is -3.29. The predicted octanol–water partition coefficient (Wildman–Crippen LogP) is 2.59. The van der Waals surface area contributed by atoms with Gasteiger partial charge in [-0.25, -0.2) is 9.37 Å². The molecule has 0 radical (unpaired) electrons. The van der Waals surface area contributed by atoms with Crippen LogP contribution in [-0.4, -0.2) is 34.5 Å². The monoisotopic (exact) mass is 370 g/mol. The van der Waals surface area contributed by atoms with Gasteiger partial charge in [0.2, 0.25) is 5.91 Å². The number of rotatable bonds is 5. The van der Waals surface area contributed by atoms with Crippen molar-refractivity contribution in [3.8, 4) is 11.3 Å². The van der Waals surface area contributed by atoms with Crippen molar-refractivity contribution in [2.75, 3.05) is 6.54 Å². The fourth-order valence-electron chi connectivity index (χ4n) is 2.67. The molecule has 2 N–H and O–H groups in total. The van der Waals surface area contributed by atoms with Crippen LogP contribution in [0.3, 0.4) is 0 Å². The molecular formula is C19H19FN4O3. The Morgan fingerprint density at radius 3 is 2.59 bits per heavy atom. The topological polar surface area (TPSA) is 97.1 Å². The number of carbonyl (C=O) groups excluding carboxylic acids is 2. The molecule has 0 saturated heterocycles. The first-order valence-corrected chi connectivity index (χ1v) is 8.45. The predicted molar refractivity (Wildman–Crippen MR) is 97.5 cm³/mol. The molecule has 0 saturated carbocycles. The average molecular weight is 370 g/mol. The summed E-state index contributed by atoms with van der Waals surface area (Å²) in [5, 5.41) is 9.64. The van der Waals surface area contributed by atoms with Gasteiger partial charge >= 0.3 is 0 Å². The van der Waals surface area contributed by atoms with E-state index in [4.69, 9.17) is 4.52 Å². The largest absolute Gasteiger partial charge is 0.352 e. The van der Waals surface area contributed by atoms with Gasteiger partial charge in [0.1, 0.15) is 5.82 Å². The fraction of sp³-hybridized carbons (Fsp3) is 0.263. The summed E-state index contributed by atoms with van der Waals surface area (Å²) in [5.41, 5.74) is 2.07. The van der Waals surface area contributed by atoms with Crippen molar-refractivity contribution in [3.05, 3.63) is 47.4 Å². The van der Waals surface area contributed by atoms with Crippen molar-refractivity contribution in [3.63, 3.8) is 0 Å². The highest BCUT2D eigenvalue weighted by atomic mass is 19.1. The maximum absolute atomic E-state index is 13.2. The summed E-state index contributed by atoms with van der Waals surface area (Å²) >= 11 is 0. The minimum Gasteiger partial charge on any atom is -0.352 e. The van der Waals surface area contributed by atoms with Gasteiger partial charge in [-0.05, 0) is 51.1 Å². The first kappa shape index (κ1) is 18.5. The number of aryl methyl sites for hydroxylation is 1. The molecule has 2 heterocycles. The summed E-state index contributed by atoms with van der Waals surface area (Å²) in [5.74, 6) is -1.11. The first-order valence-electron chi connectivity index (χ1n) is 8.45. The lowest BCUT2D eigenvalue weighted by molar-refractivity contribution is -0.120. The summed E-state index contributed by atoms with van der Waals surface area (Å²) in [4.78, 5) is 28.8. The van der Waals surface area contributed by atoms with E-state index in [9.17, 15) is 14.0 Å². The molecule has 7 nitrogen and oxygen atoms in total. The van der Waals surface area contributed by atoms with Crippen molar-refractivity contribution in [2.45, 2.75) is 26.8 Å². The Labute approximate surface area is 154 Å². The van der Waals surface area contributed by atoms with Gasteiger partial charge in [0.05, 0.1) is 28.9 Å². The minimum absolute atomic E-state index is 0.0209. The highest BCUT2D eigenvalue weighted by molar-refractivity contribution is 6.07. The van der Waals surface area contributed by atoms with Crippen LogP contribution in [0.5, 0.6) is 0 Å². The molecule has 0 aliphatic carbocycles. The molecule has 3 rings (SSSR count). The standard InChI is InChI=1S/C19H19FN4O3/c1-10(2)22-16(25)9-21-18(26)14-8-15(12-4-6-13(20)7-5-12)23-19-17(14)11(3)24-27-19/h4-8,10H,9H2,1-3H3,(H,21,26)(H,22,25). The number of aromatic nitrogens is 2. The van der Waals surface area contributed by atoms with Gasteiger partial charge < -0.3 is 15.2 Å². The van der Waals surface area contributed by atoms with E-state index < -0.39 is 5.91 Å². The van der Waals surface area contributed by atoms with Gasteiger partial charge in [-0.1, -0.05) is 5.16 Å². The Kier molecular flexibility index (Phi) is 5.16. The highest BCUT2D eigenvalue weighted by Crippen LogP contribution is 2.27. The van der Waals surface area contributed by atoms with Crippen LogP contribution >= 0.6 is 0 Å². The number of nitrogens with one attached hydrogen (secondary N) is 2. The molecular weight excluding hydrogens is 351 g/mol. The van der Waals surface area contributed by atoms with Crippen molar-refractivity contribution >= 4 is 22.9 Å². The molecule has 0 unspecified atom stereocenters. The van der Waals surface area contributed by atoms with E-state index in [0.29, 0.717) is 22.3 Å². The van der Waals surface area contributed by atoms with E-state index in [1.54, 1.807) is 25.1 Å². The molecule has 3 aromatic rings. The maximum Gasteiger partial charge on any atom is 0.259 e. The number of nitrogens with zero attached hydrogens (tertiary/aromatic N) is 2. The number of benzene rings is 1. The Bertz CT molecular complexity index is 996. The molecule has 0 aliphatic rings. The SMILES string of the molecule is Cc1noc2nc(-c3ccc(F)cc3)cc(C(=O)NCC(=O)NC(C)C)c12. The zero-order chi connectivity index (χ0) is 19.6. The number of pyridine rings is 1. The fourth-order valence-corrected chi connectivity index (χ4v) is 2.67. The third-order valence-electron chi connectivity index (χ3n) is 3.86. The van der Waals surface area contributed by atoms with E-state index >= 15 is 0 Å². The second kappa shape index (κ2) is 7.53. The van der Waals surface area contributed by atoms with E-state index in [2.05, 4.69) is 20.8 Å². The molecule has 0 fully saturated rings. The van der Waals surface area contributed by atoms with Gasteiger partial charge in [0.25, 0.3) is 11.6 Å². The lowest BCUT2D eigenvalue weighted by Gasteiger charge is -2.10. The summed E-state index contributed by atoms with van der Waals surface area (Å²) in [6, 6.07) is 7.29. The van der Waals surface area contributed by atoms with Crippen LogP contribution in [0.2, 0.25) is 0 Å². The summed E-state index contributed by atoms with van der Waals surface area (Å²) < 4.78 is 18.4. The third-order valence-corrected chi connectivity index (χ3v) is 3.86. The van der Waals surface area contributed by atoms with Crippen molar-refractivity contribution in [1.82, 2.24) is 20.8 Å². The van der Waals surface area contributed by atoms with Crippen LogP contribution in [0.4, 0.5) is 4.39 Å². The van der Waals surface area contributed by atoms with Crippen LogP contribution in [0.1, 0.15) is 29.9 Å². The Balaban J connectivity index is 1.95. The van der Waals surface area contributed by atoms with Crippen molar-refractivity contribution in [1.29, 1.82) is 0 Å². The zero-order valence-electron chi connectivity index (χ0n) is 15.2. The minimum atomic E-state index is -0.448. The lowest BCUT2D eigenvalue weighted by atomic mass is 10.1. The van der Waals surface area contributed by atoms with Gasteiger partial charge in [-0.15, -0.1) is 0 Å². The van der Waals surface area contributed by atoms with Crippen LogP contribution in [-0.2, 0) is 4.79 Å². The molecule has 0 aliphatic heterocycles. The van der Waals surface area contributed by atoms with Crippen molar-refractivity contribution < 1.29 is 18.5 Å². The van der Waals surface area contributed by atoms with Gasteiger partial charge in [0, 0.05) is 11.6 Å². The molecule has 0 spiro atoms. The Morgan fingerprint density at radius 2 is 1.93 bits per heavy atom. The summed E-state index contributed by atoms with van der Waals surface area (Å²) in [6.07, 6.45) is 0. The molecule has 2 aromatic heterocycles. The maximum atomic E-state index is 13.2. The van der Waals surface area contributed by atoms with E-state index in [1.165, 1.54) is 12.1 Å². The normalized spacial score (nSPS) is 11.0. The molecule has 8 heteroatoms. The van der Waals surface area contributed by atoms with Crippen LogP contribution in [0, 0.1) is 12.7 Å². The second-order valence-electron chi connectivity index (χ2n) is 6.41. The highest BCUT2D eigenvalue weighted by Gasteiger charge is 2.20. The lowest BCUT2D eigenvalue weighted by Crippen LogP contribution is -2.39. The van der Waals surface area contributed by atoms with Crippen LogP contribution < -0.4 is 10.6 Å². The van der Waals surface area contributed by atoms with Gasteiger partial charge in [-0.2, -0.15) is 0 Å². The van der Waals surface area contributed by atoms with Gasteiger partial charge in [-0.3, -0.25) is 9.59 Å². The zero-order valence-corrected chi connectivity index (χ0v) is 15.2. The molecule has 27 heavy (non-hydrogen) atoms. The summed E-state index contributed by atoms with van der Waals surface area (Å²) in [6.45, 7) is 5.22. The number of amides is 2. The molecule has 0 bridgehead atoms. The number of halogens is 1.